The van der Waals surface area contributed by atoms with Gasteiger partial charge in [-0.25, -0.2) is 0 Å². The molecule has 2 heterocycles. The molecule has 82 valence electrons. The molecule has 3 heteroatoms. The van der Waals surface area contributed by atoms with Gasteiger partial charge in [0.25, 0.3) is 0 Å². The molecule has 1 unspecified atom stereocenters. The van der Waals surface area contributed by atoms with Crippen molar-refractivity contribution in [1.29, 1.82) is 0 Å². The van der Waals surface area contributed by atoms with Crippen LogP contribution in [0.3, 0.4) is 0 Å². The summed E-state index contributed by atoms with van der Waals surface area (Å²) in [7, 11) is 0. The maximum absolute atomic E-state index is 9.88. The Labute approximate surface area is 94.8 Å². The Morgan fingerprint density at radius 2 is 1.25 bits per heavy atom. The van der Waals surface area contributed by atoms with Crippen molar-refractivity contribution >= 4 is 0 Å². The summed E-state index contributed by atoms with van der Waals surface area (Å²) < 4.78 is 0. The highest BCUT2D eigenvalue weighted by Gasteiger charge is 2.18. The first-order chi connectivity index (χ1) is 7.79. The fraction of sp³-hybridized carbons (Fsp3) is 0.231. The van der Waals surface area contributed by atoms with Crippen LogP contribution < -0.4 is 0 Å². The van der Waals surface area contributed by atoms with Gasteiger partial charge >= 0.3 is 0 Å². The largest absolute Gasteiger partial charge is 0.392 e. The average Bonchev–Trinajstić information content (AvgIpc) is 2.31. The molecule has 0 saturated carbocycles. The smallest absolute Gasteiger partial charge is 0.0621 e. The number of aromatic nitrogens is 2. The zero-order valence-electron chi connectivity index (χ0n) is 9.12. The molecule has 16 heavy (non-hydrogen) atoms. The summed E-state index contributed by atoms with van der Waals surface area (Å²) in [5.74, 6) is -0.0222. The van der Waals surface area contributed by atoms with Gasteiger partial charge < -0.3 is 5.11 Å². The van der Waals surface area contributed by atoms with Crippen molar-refractivity contribution in [2.75, 3.05) is 0 Å². The minimum atomic E-state index is -0.440. The van der Waals surface area contributed by atoms with Gasteiger partial charge in [-0.1, -0.05) is 0 Å². The van der Waals surface area contributed by atoms with Gasteiger partial charge in [0.2, 0.25) is 0 Å². The van der Waals surface area contributed by atoms with Crippen molar-refractivity contribution in [3.63, 3.8) is 0 Å². The Hall–Kier alpha value is -1.74. The van der Waals surface area contributed by atoms with Crippen molar-refractivity contribution in [1.82, 2.24) is 9.97 Å². The highest BCUT2D eigenvalue weighted by Crippen LogP contribution is 2.26. The topological polar surface area (TPSA) is 46.0 Å². The van der Waals surface area contributed by atoms with Gasteiger partial charge in [-0.15, -0.1) is 0 Å². The second-order valence-corrected chi connectivity index (χ2v) is 3.78. The molecule has 0 aliphatic rings. The van der Waals surface area contributed by atoms with Crippen LogP contribution in [-0.4, -0.2) is 21.2 Å². The summed E-state index contributed by atoms with van der Waals surface area (Å²) >= 11 is 0. The molecule has 0 amide bonds. The molecule has 0 fully saturated rings. The van der Waals surface area contributed by atoms with Gasteiger partial charge in [0.15, 0.2) is 0 Å². The van der Waals surface area contributed by atoms with E-state index in [1.165, 1.54) is 0 Å². The Morgan fingerprint density at radius 3 is 1.56 bits per heavy atom. The second kappa shape index (κ2) is 4.86. The van der Waals surface area contributed by atoms with Crippen LogP contribution >= 0.6 is 0 Å². The van der Waals surface area contributed by atoms with Gasteiger partial charge in [0.05, 0.1) is 6.10 Å². The van der Waals surface area contributed by atoms with Crippen LogP contribution in [0.4, 0.5) is 0 Å². The number of aliphatic hydroxyl groups is 1. The molecular weight excluding hydrogens is 200 g/mol. The van der Waals surface area contributed by atoms with Crippen molar-refractivity contribution in [3.8, 4) is 0 Å². The van der Waals surface area contributed by atoms with Crippen molar-refractivity contribution in [2.24, 2.45) is 0 Å². The van der Waals surface area contributed by atoms with Gasteiger partial charge in [-0.3, -0.25) is 9.97 Å². The molecule has 2 aromatic heterocycles. The predicted molar refractivity (Wildman–Crippen MR) is 62.0 cm³/mol. The van der Waals surface area contributed by atoms with E-state index in [-0.39, 0.29) is 5.92 Å². The fourth-order valence-electron chi connectivity index (χ4n) is 1.89. The van der Waals surface area contributed by atoms with E-state index in [4.69, 9.17) is 0 Å². The third-order valence-corrected chi connectivity index (χ3v) is 2.61. The minimum absolute atomic E-state index is 0.0222. The third kappa shape index (κ3) is 2.25. The molecule has 0 bridgehead atoms. The van der Waals surface area contributed by atoms with Gasteiger partial charge in [0, 0.05) is 30.7 Å². The number of hydrogen-bond acceptors (Lipinski definition) is 3. The summed E-state index contributed by atoms with van der Waals surface area (Å²) in [6, 6.07) is 7.71. The normalized spacial score (nSPS) is 12.7. The molecule has 0 aliphatic carbocycles. The Morgan fingerprint density at radius 1 is 0.875 bits per heavy atom. The van der Waals surface area contributed by atoms with E-state index in [9.17, 15) is 5.11 Å². The predicted octanol–water partition coefficient (Wildman–Crippen LogP) is 1.99. The van der Waals surface area contributed by atoms with E-state index in [1.807, 2.05) is 24.3 Å². The standard InChI is InChI=1S/C13H14N2O/c1-10(16)13(11-2-6-14-7-3-11)12-4-8-15-9-5-12/h2-10,13,16H,1H3. The van der Waals surface area contributed by atoms with Crippen LogP contribution in [0.1, 0.15) is 24.0 Å². The highest BCUT2D eigenvalue weighted by molar-refractivity contribution is 5.31. The van der Waals surface area contributed by atoms with Crippen LogP contribution in [0.25, 0.3) is 0 Å². The lowest BCUT2D eigenvalue weighted by molar-refractivity contribution is 0.176. The van der Waals surface area contributed by atoms with Crippen molar-refractivity contribution < 1.29 is 5.11 Å². The fourth-order valence-corrected chi connectivity index (χ4v) is 1.89. The number of nitrogens with zero attached hydrogens (tertiary/aromatic N) is 2. The van der Waals surface area contributed by atoms with E-state index in [0.29, 0.717) is 0 Å². The summed E-state index contributed by atoms with van der Waals surface area (Å²) in [4.78, 5) is 7.97. The Bertz CT molecular complexity index is 389. The molecule has 2 rings (SSSR count). The minimum Gasteiger partial charge on any atom is -0.392 e. The van der Waals surface area contributed by atoms with Gasteiger partial charge in [-0.05, 0) is 42.3 Å². The molecule has 1 atom stereocenters. The summed E-state index contributed by atoms with van der Waals surface area (Å²) in [5, 5.41) is 9.88. The first-order valence-electron chi connectivity index (χ1n) is 5.27. The number of pyridine rings is 2. The van der Waals surface area contributed by atoms with E-state index in [0.717, 1.165) is 11.1 Å². The monoisotopic (exact) mass is 214 g/mol. The SMILES string of the molecule is CC(O)C(c1ccncc1)c1ccncc1. The maximum atomic E-state index is 9.88. The maximum Gasteiger partial charge on any atom is 0.0621 e. The van der Waals surface area contributed by atoms with Crippen LogP contribution in [0.5, 0.6) is 0 Å². The molecule has 0 aliphatic heterocycles. The summed E-state index contributed by atoms with van der Waals surface area (Å²) in [6.45, 7) is 1.80. The Balaban J connectivity index is 2.40. The quantitative estimate of drug-likeness (QED) is 0.849. The molecule has 2 aromatic rings. The van der Waals surface area contributed by atoms with Gasteiger partial charge in [-0.2, -0.15) is 0 Å². The van der Waals surface area contributed by atoms with Crippen molar-refractivity contribution in [3.05, 3.63) is 60.2 Å². The highest BCUT2D eigenvalue weighted by atomic mass is 16.3. The van der Waals surface area contributed by atoms with Gasteiger partial charge in [0.1, 0.15) is 0 Å². The molecular formula is C13H14N2O. The number of hydrogen-bond donors (Lipinski definition) is 1. The lowest BCUT2D eigenvalue weighted by Gasteiger charge is -2.20. The summed E-state index contributed by atoms with van der Waals surface area (Å²) in [6.07, 6.45) is 6.53. The van der Waals surface area contributed by atoms with E-state index < -0.39 is 6.10 Å². The first-order valence-corrected chi connectivity index (χ1v) is 5.27. The van der Waals surface area contributed by atoms with E-state index in [2.05, 4.69) is 9.97 Å². The summed E-state index contributed by atoms with van der Waals surface area (Å²) in [5.41, 5.74) is 2.13. The lowest BCUT2D eigenvalue weighted by Crippen LogP contribution is -2.16. The molecule has 0 aromatic carbocycles. The molecule has 1 N–H and O–H groups in total. The third-order valence-electron chi connectivity index (χ3n) is 2.61. The molecule has 0 spiro atoms. The van der Waals surface area contributed by atoms with Crippen LogP contribution in [0, 0.1) is 0 Å². The zero-order chi connectivity index (χ0) is 11.4. The Kier molecular flexibility index (Phi) is 3.27. The van der Waals surface area contributed by atoms with Crippen molar-refractivity contribution in [2.45, 2.75) is 18.9 Å². The van der Waals surface area contributed by atoms with E-state index >= 15 is 0 Å². The zero-order valence-corrected chi connectivity index (χ0v) is 9.12. The van der Waals surface area contributed by atoms with E-state index in [1.54, 1.807) is 31.7 Å². The molecule has 0 radical (unpaired) electrons. The molecule has 0 saturated heterocycles. The number of rotatable bonds is 3. The van der Waals surface area contributed by atoms with Crippen LogP contribution in [-0.2, 0) is 0 Å². The van der Waals surface area contributed by atoms with Crippen LogP contribution in [0.2, 0.25) is 0 Å². The number of aliphatic hydroxyl groups excluding tert-OH is 1. The average molecular weight is 214 g/mol. The van der Waals surface area contributed by atoms with Crippen LogP contribution in [0.15, 0.2) is 49.1 Å². The molecule has 3 nitrogen and oxygen atoms in total. The first kappa shape index (κ1) is 10.8. The second-order valence-electron chi connectivity index (χ2n) is 3.78. The lowest BCUT2D eigenvalue weighted by atomic mass is 9.88.